The Morgan fingerprint density at radius 2 is 0.519 bits per heavy atom. The molecule has 6 aromatic carbocycles. The number of fused-ring (bicyclic) bond motifs is 12. The first-order valence-electron chi connectivity index (χ1n) is 20.1. The van der Waals surface area contributed by atoms with Gasteiger partial charge < -0.3 is 0 Å². The second-order valence-corrected chi connectivity index (χ2v) is 16.1. The van der Waals surface area contributed by atoms with E-state index in [1.807, 2.05) is 0 Å². The molecule has 0 N–H and O–H groups in total. The Morgan fingerprint density at radius 1 is 0.296 bits per heavy atom. The molecule has 266 valence electrons. The summed E-state index contributed by atoms with van der Waals surface area (Å²) in [6, 6.07) is 47.2. The normalized spacial score (nSPS) is 15.3. The number of benzene rings is 6. The lowest BCUT2D eigenvalue weighted by molar-refractivity contribution is 1.09. The lowest BCUT2D eigenvalue weighted by Gasteiger charge is -2.07. The van der Waals surface area contributed by atoms with Gasteiger partial charge >= 0.3 is 0 Å². The molecule has 0 fully saturated rings. The van der Waals surface area contributed by atoms with Crippen LogP contribution in [-0.4, -0.2) is 0 Å². The van der Waals surface area contributed by atoms with E-state index < -0.39 is 0 Å². The highest BCUT2D eigenvalue weighted by Gasteiger charge is 2.31. The van der Waals surface area contributed by atoms with E-state index in [0.717, 1.165) is 38.5 Å². The molecule has 0 spiro atoms. The second kappa shape index (κ2) is 14.1. The molecule has 0 unspecified atom stereocenters. The lowest BCUT2D eigenvalue weighted by Crippen LogP contribution is -1.91. The van der Waals surface area contributed by atoms with Crippen LogP contribution in [0.5, 0.6) is 0 Å². The summed E-state index contributed by atoms with van der Waals surface area (Å²) in [5.74, 6) is 0. The van der Waals surface area contributed by atoms with E-state index in [-0.39, 0.29) is 0 Å². The van der Waals surface area contributed by atoms with Crippen LogP contribution in [0, 0.1) is 20.8 Å². The van der Waals surface area contributed by atoms with E-state index in [2.05, 4.69) is 162 Å². The largest absolute Gasteiger partial charge is 0.0656 e. The first kappa shape index (κ1) is 34.3. The third-order valence-corrected chi connectivity index (χ3v) is 12.1. The predicted molar refractivity (Wildman–Crippen MR) is 231 cm³/mol. The number of allylic oxidation sites excluding steroid dienone is 6. The van der Waals surface area contributed by atoms with E-state index in [0.29, 0.717) is 0 Å². The zero-order valence-corrected chi connectivity index (χ0v) is 32.6. The van der Waals surface area contributed by atoms with Crippen molar-refractivity contribution in [1.82, 2.24) is 0 Å². The highest BCUT2D eigenvalue weighted by Crippen LogP contribution is 2.48. The number of rotatable bonds is 0. The molecular weight excluding hydrogens is 649 g/mol. The summed E-state index contributed by atoms with van der Waals surface area (Å²) >= 11 is 0. The molecule has 6 aliphatic rings. The minimum atomic E-state index is 1.13. The Morgan fingerprint density at radius 3 is 0.796 bits per heavy atom. The van der Waals surface area contributed by atoms with Crippen LogP contribution in [0.25, 0.3) is 33.4 Å². The third-order valence-electron chi connectivity index (χ3n) is 12.1. The van der Waals surface area contributed by atoms with Gasteiger partial charge in [0.2, 0.25) is 0 Å². The fourth-order valence-electron chi connectivity index (χ4n) is 9.73. The van der Waals surface area contributed by atoms with Gasteiger partial charge in [0.25, 0.3) is 0 Å². The topological polar surface area (TPSA) is 0 Å². The molecule has 0 saturated carbocycles. The molecule has 12 rings (SSSR count). The second-order valence-electron chi connectivity index (χ2n) is 16.1. The molecule has 0 atom stereocenters. The van der Waals surface area contributed by atoms with Gasteiger partial charge in [-0.15, -0.1) is 0 Å². The third kappa shape index (κ3) is 6.03. The Bertz CT molecular complexity index is 2280. The van der Waals surface area contributed by atoms with Crippen LogP contribution in [0.15, 0.2) is 127 Å². The van der Waals surface area contributed by atoms with Crippen LogP contribution in [0.4, 0.5) is 0 Å². The van der Waals surface area contributed by atoms with Crippen molar-refractivity contribution >= 4 is 33.4 Å². The van der Waals surface area contributed by atoms with Crippen LogP contribution in [0.1, 0.15) is 104 Å². The number of aryl methyl sites for hydroxylation is 3. The Balaban J connectivity index is 0.000000103. The Hall–Kier alpha value is -5.46. The minimum absolute atomic E-state index is 1.13. The molecule has 6 aromatic rings. The maximum Gasteiger partial charge on any atom is -0.00105 e. The van der Waals surface area contributed by atoms with Gasteiger partial charge in [0.15, 0.2) is 0 Å². The molecule has 0 heterocycles. The molecule has 0 aromatic heterocycles. The molecule has 0 aliphatic heterocycles. The average molecular weight is 699 g/mol. The summed E-state index contributed by atoms with van der Waals surface area (Å²) in [4.78, 5) is 0. The first-order valence-corrected chi connectivity index (χ1v) is 20.1. The van der Waals surface area contributed by atoms with Crippen molar-refractivity contribution in [1.29, 1.82) is 0 Å². The molecule has 0 nitrogen and oxygen atoms in total. The van der Waals surface area contributed by atoms with Gasteiger partial charge in [0.05, 0.1) is 0 Å². The quantitative estimate of drug-likeness (QED) is 0.148. The molecule has 0 heteroatoms. The van der Waals surface area contributed by atoms with Crippen molar-refractivity contribution in [3.8, 4) is 0 Å². The molecule has 54 heavy (non-hydrogen) atoms. The van der Waals surface area contributed by atoms with Crippen LogP contribution in [0.3, 0.4) is 0 Å². The zero-order valence-electron chi connectivity index (χ0n) is 32.6. The highest BCUT2D eigenvalue weighted by molar-refractivity contribution is 6.04. The molecule has 0 bridgehead atoms. The summed E-state index contributed by atoms with van der Waals surface area (Å²) in [7, 11) is 0. The maximum atomic E-state index is 2.34. The molecule has 0 radical (unpaired) electrons. The summed E-state index contributed by atoms with van der Waals surface area (Å²) in [5, 5.41) is 0. The molecule has 6 aliphatic carbocycles. The Kier molecular flexibility index (Phi) is 8.94. The first-order chi connectivity index (χ1) is 26.4. The highest BCUT2D eigenvalue weighted by atomic mass is 14.3. The lowest BCUT2D eigenvalue weighted by atomic mass is 9.98. The average Bonchev–Trinajstić information content (AvgIpc) is 4.01. The van der Waals surface area contributed by atoms with E-state index >= 15 is 0 Å². The van der Waals surface area contributed by atoms with Crippen molar-refractivity contribution in [3.05, 3.63) is 211 Å². The van der Waals surface area contributed by atoms with Crippen molar-refractivity contribution in [3.63, 3.8) is 0 Å². The van der Waals surface area contributed by atoms with E-state index in [9.17, 15) is 0 Å². The van der Waals surface area contributed by atoms with Crippen molar-refractivity contribution in [2.24, 2.45) is 0 Å². The van der Waals surface area contributed by atoms with Gasteiger partial charge in [0, 0.05) is 0 Å². The van der Waals surface area contributed by atoms with E-state index in [1.165, 1.54) is 89.9 Å². The molecule has 0 saturated heterocycles. The SMILES string of the molecule is CCC.Cc1ccc2c(c1)CC1=C2Cc2ccccc21.Cc1ccc2c(c1)CC1=C2Cc2ccccc21.Cc1ccc2c(c1)CC1=C2Cc2ccccc21. The minimum Gasteiger partial charge on any atom is -0.0656 e. The Labute approximate surface area is 322 Å². The van der Waals surface area contributed by atoms with Crippen LogP contribution in [-0.2, 0) is 38.5 Å². The van der Waals surface area contributed by atoms with Gasteiger partial charge in [-0.3, -0.25) is 0 Å². The molecule has 0 amide bonds. The monoisotopic (exact) mass is 698 g/mol. The van der Waals surface area contributed by atoms with Gasteiger partial charge in [-0.05, 0) is 159 Å². The number of hydrogen-bond donors (Lipinski definition) is 0. The van der Waals surface area contributed by atoms with Gasteiger partial charge in [0.1, 0.15) is 0 Å². The van der Waals surface area contributed by atoms with Crippen molar-refractivity contribution in [2.45, 2.75) is 79.6 Å². The summed E-state index contributed by atoms with van der Waals surface area (Å²) in [5.41, 5.74) is 31.5. The number of hydrogen-bond acceptors (Lipinski definition) is 0. The van der Waals surface area contributed by atoms with Gasteiger partial charge in [-0.2, -0.15) is 0 Å². The van der Waals surface area contributed by atoms with Gasteiger partial charge in [-0.25, -0.2) is 0 Å². The standard InChI is InChI=1S/3C17H14.C3H8/c3*1-11-6-7-15-13(8-11)10-17-14-5-3-2-4-12(14)9-16(15)17;1-3-2/h3*2-8H,9-10H2,1H3;3H2,1-2H3. The fourth-order valence-corrected chi connectivity index (χ4v) is 9.73. The predicted octanol–water partition coefficient (Wildman–Crippen LogP) is 13.5. The summed E-state index contributed by atoms with van der Waals surface area (Å²) in [6.07, 6.45) is 8.01. The smallest absolute Gasteiger partial charge is 0.00105 e. The van der Waals surface area contributed by atoms with Crippen LogP contribution < -0.4 is 0 Å². The van der Waals surface area contributed by atoms with E-state index in [1.54, 1.807) is 33.4 Å². The summed E-state index contributed by atoms with van der Waals surface area (Å²) < 4.78 is 0. The van der Waals surface area contributed by atoms with E-state index in [4.69, 9.17) is 0 Å². The molecular formula is C54H50. The summed E-state index contributed by atoms with van der Waals surface area (Å²) in [6.45, 7) is 10.8. The van der Waals surface area contributed by atoms with Crippen molar-refractivity contribution < 1.29 is 0 Å². The van der Waals surface area contributed by atoms with Crippen LogP contribution in [0.2, 0.25) is 0 Å². The zero-order chi connectivity index (χ0) is 36.9. The van der Waals surface area contributed by atoms with Gasteiger partial charge in [-0.1, -0.05) is 164 Å². The maximum absolute atomic E-state index is 2.34. The van der Waals surface area contributed by atoms with Crippen LogP contribution >= 0.6 is 0 Å². The fraction of sp³-hybridized carbons (Fsp3) is 0.222. The van der Waals surface area contributed by atoms with Crippen molar-refractivity contribution in [2.75, 3.05) is 0 Å².